The van der Waals surface area contributed by atoms with Crippen molar-refractivity contribution < 1.29 is 23.0 Å². The summed E-state index contributed by atoms with van der Waals surface area (Å²) < 4.78 is 35.1. The number of halogens is 2. The van der Waals surface area contributed by atoms with Crippen LogP contribution in [0.5, 0.6) is 5.75 Å². The monoisotopic (exact) mass is 202 g/mol. The first kappa shape index (κ1) is 10.4. The van der Waals surface area contributed by atoms with Crippen LogP contribution in [0.1, 0.15) is 10.4 Å². The van der Waals surface area contributed by atoms with Gasteiger partial charge < -0.3 is 9.47 Å². The van der Waals surface area contributed by atoms with Crippen molar-refractivity contribution in [1.82, 2.24) is 0 Å². The molecule has 0 unspecified atom stereocenters. The molecular formula is C9H8F2O3. The molecule has 3 nitrogen and oxygen atoms in total. The molecule has 0 atom stereocenters. The summed E-state index contributed by atoms with van der Waals surface area (Å²) >= 11 is 0. The van der Waals surface area contributed by atoms with E-state index in [1.54, 1.807) is 0 Å². The average molecular weight is 202 g/mol. The molecule has 0 heterocycles. The third-order valence-corrected chi connectivity index (χ3v) is 1.67. The SMILES string of the molecule is COC(=O)c1c(F)ccc(OC)c1F. The molecule has 0 aliphatic heterocycles. The van der Waals surface area contributed by atoms with Crippen LogP contribution in [0.15, 0.2) is 12.1 Å². The first-order valence-electron chi connectivity index (χ1n) is 3.72. The van der Waals surface area contributed by atoms with Crippen molar-refractivity contribution in [2.75, 3.05) is 14.2 Å². The third kappa shape index (κ3) is 1.66. The predicted octanol–water partition coefficient (Wildman–Crippen LogP) is 1.76. The second-order valence-corrected chi connectivity index (χ2v) is 2.43. The highest BCUT2D eigenvalue weighted by Crippen LogP contribution is 2.23. The van der Waals surface area contributed by atoms with Gasteiger partial charge in [0.05, 0.1) is 14.2 Å². The van der Waals surface area contributed by atoms with Crippen LogP contribution in [0.2, 0.25) is 0 Å². The number of hydrogen-bond acceptors (Lipinski definition) is 3. The van der Waals surface area contributed by atoms with Crippen molar-refractivity contribution >= 4 is 5.97 Å². The number of ether oxygens (including phenoxy) is 2. The summed E-state index contributed by atoms with van der Waals surface area (Å²) in [6.45, 7) is 0. The van der Waals surface area contributed by atoms with E-state index in [-0.39, 0.29) is 5.75 Å². The van der Waals surface area contributed by atoms with E-state index in [1.165, 1.54) is 7.11 Å². The van der Waals surface area contributed by atoms with E-state index in [9.17, 15) is 13.6 Å². The zero-order chi connectivity index (χ0) is 10.7. The highest BCUT2D eigenvalue weighted by Gasteiger charge is 2.21. The van der Waals surface area contributed by atoms with Gasteiger partial charge in [-0.25, -0.2) is 13.6 Å². The molecule has 0 saturated carbocycles. The zero-order valence-corrected chi connectivity index (χ0v) is 7.64. The minimum atomic E-state index is -1.07. The van der Waals surface area contributed by atoms with Crippen LogP contribution < -0.4 is 4.74 Å². The Morgan fingerprint density at radius 2 is 1.93 bits per heavy atom. The molecule has 0 aliphatic carbocycles. The maximum Gasteiger partial charge on any atom is 0.344 e. The molecule has 1 aromatic carbocycles. The van der Waals surface area contributed by atoms with Crippen molar-refractivity contribution in [2.45, 2.75) is 0 Å². The van der Waals surface area contributed by atoms with Crippen molar-refractivity contribution in [2.24, 2.45) is 0 Å². The van der Waals surface area contributed by atoms with Gasteiger partial charge in [0.2, 0.25) is 0 Å². The molecule has 14 heavy (non-hydrogen) atoms. The van der Waals surface area contributed by atoms with E-state index < -0.39 is 23.2 Å². The topological polar surface area (TPSA) is 35.5 Å². The maximum atomic E-state index is 13.3. The lowest BCUT2D eigenvalue weighted by molar-refractivity contribution is 0.0589. The van der Waals surface area contributed by atoms with Gasteiger partial charge in [-0.2, -0.15) is 0 Å². The van der Waals surface area contributed by atoms with Crippen LogP contribution in [0.25, 0.3) is 0 Å². The Kier molecular flexibility index (Phi) is 3.01. The first-order chi connectivity index (χ1) is 6.61. The summed E-state index contributed by atoms with van der Waals surface area (Å²) in [5.74, 6) is -3.31. The van der Waals surface area contributed by atoms with Crippen LogP contribution in [0, 0.1) is 11.6 Å². The summed E-state index contributed by atoms with van der Waals surface area (Å²) in [6.07, 6.45) is 0. The largest absolute Gasteiger partial charge is 0.494 e. The predicted molar refractivity (Wildman–Crippen MR) is 44.2 cm³/mol. The molecule has 0 spiro atoms. The Bertz CT molecular complexity index is 363. The normalized spacial score (nSPS) is 9.71. The summed E-state index contributed by atoms with van der Waals surface area (Å²) in [7, 11) is 2.26. The van der Waals surface area contributed by atoms with Gasteiger partial charge in [-0.05, 0) is 12.1 Å². The minimum Gasteiger partial charge on any atom is -0.494 e. The number of benzene rings is 1. The van der Waals surface area contributed by atoms with Crippen LogP contribution in [-0.2, 0) is 4.74 Å². The molecule has 0 radical (unpaired) electrons. The van der Waals surface area contributed by atoms with E-state index >= 15 is 0 Å². The highest BCUT2D eigenvalue weighted by molar-refractivity contribution is 5.90. The molecule has 0 aliphatic rings. The summed E-state index contributed by atoms with van der Waals surface area (Å²) in [5.41, 5.74) is -0.744. The van der Waals surface area contributed by atoms with Gasteiger partial charge in [0.15, 0.2) is 11.6 Å². The molecule has 0 N–H and O–H groups in total. The first-order valence-corrected chi connectivity index (χ1v) is 3.72. The molecule has 0 amide bonds. The lowest BCUT2D eigenvalue weighted by atomic mass is 10.2. The Morgan fingerprint density at radius 1 is 1.29 bits per heavy atom. The zero-order valence-electron chi connectivity index (χ0n) is 7.64. The van der Waals surface area contributed by atoms with Gasteiger partial charge in [-0.3, -0.25) is 0 Å². The molecule has 1 aromatic rings. The Morgan fingerprint density at radius 3 is 2.43 bits per heavy atom. The van der Waals surface area contributed by atoms with E-state index in [0.29, 0.717) is 0 Å². The standard InChI is InChI=1S/C9H8F2O3/c1-13-6-4-3-5(10)7(8(6)11)9(12)14-2/h3-4H,1-2H3. The number of methoxy groups -OCH3 is 2. The summed E-state index contributed by atoms with van der Waals surface area (Å²) in [6, 6.07) is 2.03. The molecule has 1 rings (SSSR count). The molecule has 5 heteroatoms. The fourth-order valence-corrected chi connectivity index (χ4v) is 0.980. The summed E-state index contributed by atoms with van der Waals surface area (Å²) in [5, 5.41) is 0. The number of hydrogen-bond donors (Lipinski definition) is 0. The van der Waals surface area contributed by atoms with Crippen LogP contribution in [-0.4, -0.2) is 20.2 Å². The molecule has 0 saturated heterocycles. The van der Waals surface area contributed by atoms with Gasteiger partial charge in [0, 0.05) is 0 Å². The third-order valence-electron chi connectivity index (χ3n) is 1.67. The molecule has 0 fully saturated rings. The minimum absolute atomic E-state index is 0.202. The van der Waals surface area contributed by atoms with Crippen molar-refractivity contribution in [3.63, 3.8) is 0 Å². The average Bonchev–Trinajstić information content (AvgIpc) is 2.18. The maximum absolute atomic E-state index is 13.3. The number of carbonyl (C=O) groups excluding carboxylic acids is 1. The lowest BCUT2D eigenvalue weighted by Gasteiger charge is -2.06. The second kappa shape index (κ2) is 4.04. The van der Waals surface area contributed by atoms with Gasteiger partial charge in [0.1, 0.15) is 11.4 Å². The lowest BCUT2D eigenvalue weighted by Crippen LogP contribution is -2.08. The molecule has 0 bridgehead atoms. The molecular weight excluding hydrogens is 194 g/mol. The van der Waals surface area contributed by atoms with Gasteiger partial charge in [-0.1, -0.05) is 0 Å². The van der Waals surface area contributed by atoms with Crippen molar-refractivity contribution in [3.8, 4) is 5.75 Å². The molecule has 76 valence electrons. The van der Waals surface area contributed by atoms with E-state index in [2.05, 4.69) is 9.47 Å². The number of rotatable bonds is 2. The van der Waals surface area contributed by atoms with Crippen LogP contribution in [0.3, 0.4) is 0 Å². The highest BCUT2D eigenvalue weighted by atomic mass is 19.1. The number of esters is 1. The fourth-order valence-electron chi connectivity index (χ4n) is 0.980. The van der Waals surface area contributed by atoms with E-state index in [4.69, 9.17) is 0 Å². The smallest absolute Gasteiger partial charge is 0.344 e. The fraction of sp³-hybridized carbons (Fsp3) is 0.222. The van der Waals surface area contributed by atoms with Crippen molar-refractivity contribution in [3.05, 3.63) is 29.3 Å². The molecule has 0 aromatic heterocycles. The Balaban J connectivity index is 3.32. The van der Waals surface area contributed by atoms with Crippen LogP contribution >= 0.6 is 0 Å². The van der Waals surface area contributed by atoms with Crippen molar-refractivity contribution in [1.29, 1.82) is 0 Å². The number of carbonyl (C=O) groups is 1. The van der Waals surface area contributed by atoms with Crippen LogP contribution in [0.4, 0.5) is 8.78 Å². The second-order valence-electron chi connectivity index (χ2n) is 2.43. The Labute approximate surface area is 79.2 Å². The summed E-state index contributed by atoms with van der Waals surface area (Å²) in [4.78, 5) is 11.0. The van der Waals surface area contributed by atoms with Gasteiger partial charge in [0.25, 0.3) is 0 Å². The quantitative estimate of drug-likeness (QED) is 0.685. The van der Waals surface area contributed by atoms with E-state index in [0.717, 1.165) is 19.2 Å². The van der Waals surface area contributed by atoms with Gasteiger partial charge >= 0.3 is 5.97 Å². The van der Waals surface area contributed by atoms with E-state index in [1.807, 2.05) is 0 Å². The Hall–Kier alpha value is -1.65. The van der Waals surface area contributed by atoms with Gasteiger partial charge in [-0.15, -0.1) is 0 Å².